The summed E-state index contributed by atoms with van der Waals surface area (Å²) in [6, 6.07) is 10.4. The van der Waals surface area contributed by atoms with E-state index in [9.17, 15) is 5.11 Å². The molecular formula is C19H28O. The number of rotatable bonds is 1. The third-order valence-electron chi connectivity index (χ3n) is 4.27. The summed E-state index contributed by atoms with van der Waals surface area (Å²) in [6.45, 7) is 0. The number of aliphatic hydroxyl groups excluding tert-OH is 1. The Morgan fingerprint density at radius 1 is 0.800 bits per heavy atom. The van der Waals surface area contributed by atoms with Gasteiger partial charge in [0.05, 0.1) is 6.10 Å². The average Bonchev–Trinajstić information content (AvgIpc) is 2.47. The van der Waals surface area contributed by atoms with Crippen LogP contribution in [0.3, 0.4) is 0 Å². The van der Waals surface area contributed by atoms with Crippen molar-refractivity contribution in [2.24, 2.45) is 0 Å². The molecule has 1 N–H and O–H groups in total. The summed E-state index contributed by atoms with van der Waals surface area (Å²) in [5.41, 5.74) is 2.45. The molecule has 0 heterocycles. The summed E-state index contributed by atoms with van der Waals surface area (Å²) in [6.07, 6.45) is 14.4. The van der Waals surface area contributed by atoms with Crippen LogP contribution in [-0.2, 0) is 0 Å². The van der Waals surface area contributed by atoms with Crippen LogP contribution in [0.5, 0.6) is 0 Å². The van der Waals surface area contributed by atoms with E-state index in [1.807, 2.05) is 6.07 Å². The second-order valence-electron chi connectivity index (χ2n) is 6.01. The molecule has 1 aromatic carbocycles. The smallest absolute Gasteiger partial charge is 0.0753 e. The molecular weight excluding hydrogens is 244 g/mol. The van der Waals surface area contributed by atoms with Crippen LogP contribution in [0.15, 0.2) is 35.9 Å². The lowest BCUT2D eigenvalue weighted by atomic mass is 9.94. The van der Waals surface area contributed by atoms with Crippen LogP contribution in [-0.4, -0.2) is 11.2 Å². The molecule has 0 aliphatic heterocycles. The largest absolute Gasteiger partial charge is 0.389 e. The first-order valence-corrected chi connectivity index (χ1v) is 8.30. The quantitative estimate of drug-likeness (QED) is 0.731. The zero-order valence-electron chi connectivity index (χ0n) is 12.6. The Morgan fingerprint density at radius 2 is 1.40 bits per heavy atom. The van der Waals surface area contributed by atoms with Crippen LogP contribution in [0.4, 0.5) is 0 Å². The molecule has 1 fully saturated rings. The van der Waals surface area contributed by atoms with E-state index < -0.39 is 0 Å². The molecule has 1 heteroatoms. The van der Waals surface area contributed by atoms with E-state index in [0.29, 0.717) is 0 Å². The Morgan fingerprint density at radius 3 is 2.10 bits per heavy atom. The zero-order valence-corrected chi connectivity index (χ0v) is 12.6. The molecule has 0 radical (unpaired) electrons. The highest BCUT2D eigenvalue weighted by Crippen LogP contribution is 2.23. The fraction of sp³-hybridized carbons (Fsp3) is 0.579. The Bertz CT molecular complexity index is 393. The van der Waals surface area contributed by atoms with E-state index in [4.69, 9.17) is 0 Å². The summed E-state index contributed by atoms with van der Waals surface area (Å²) in [7, 11) is 0. The maximum atomic E-state index is 10.4. The van der Waals surface area contributed by atoms with E-state index in [0.717, 1.165) is 19.3 Å². The van der Waals surface area contributed by atoms with Gasteiger partial charge in [0.25, 0.3) is 0 Å². The van der Waals surface area contributed by atoms with E-state index >= 15 is 0 Å². The predicted molar refractivity (Wildman–Crippen MR) is 86.6 cm³/mol. The van der Waals surface area contributed by atoms with E-state index in [-0.39, 0.29) is 6.10 Å². The fourth-order valence-corrected chi connectivity index (χ4v) is 3.01. The lowest BCUT2D eigenvalue weighted by Gasteiger charge is -2.16. The molecule has 0 aromatic heterocycles. The Balaban J connectivity index is 2.02. The maximum absolute atomic E-state index is 10.4. The van der Waals surface area contributed by atoms with Crippen molar-refractivity contribution in [3.8, 4) is 0 Å². The normalized spacial score (nSPS) is 24.9. The molecule has 0 amide bonds. The van der Waals surface area contributed by atoms with Gasteiger partial charge in [-0.3, -0.25) is 0 Å². The van der Waals surface area contributed by atoms with Crippen molar-refractivity contribution in [2.45, 2.75) is 70.3 Å². The molecule has 110 valence electrons. The summed E-state index contributed by atoms with van der Waals surface area (Å²) >= 11 is 0. The van der Waals surface area contributed by atoms with Crippen LogP contribution >= 0.6 is 0 Å². The van der Waals surface area contributed by atoms with Gasteiger partial charge in [-0.15, -0.1) is 0 Å². The number of hydrogen-bond donors (Lipinski definition) is 1. The van der Waals surface area contributed by atoms with Crippen LogP contribution < -0.4 is 0 Å². The summed E-state index contributed by atoms with van der Waals surface area (Å²) < 4.78 is 0. The van der Waals surface area contributed by atoms with E-state index in [2.05, 4.69) is 30.3 Å². The van der Waals surface area contributed by atoms with Crippen LogP contribution in [0.25, 0.3) is 6.08 Å². The molecule has 1 atom stereocenters. The van der Waals surface area contributed by atoms with Crippen LogP contribution in [0.1, 0.15) is 69.8 Å². The zero-order chi connectivity index (χ0) is 14.0. The molecule has 20 heavy (non-hydrogen) atoms. The standard InChI is InChI=1S/C19H28O/c20-19-15-11-6-4-2-1-3-5-10-14-18(19)16-17-12-8-7-9-13-17/h7-9,12-13,16,19-20H,1-6,10-11,14-15H2/b18-16+. The van der Waals surface area contributed by atoms with Crippen molar-refractivity contribution in [3.63, 3.8) is 0 Å². The van der Waals surface area contributed by atoms with Gasteiger partial charge in [-0.25, -0.2) is 0 Å². The average molecular weight is 272 g/mol. The minimum atomic E-state index is -0.241. The fourth-order valence-electron chi connectivity index (χ4n) is 3.01. The van der Waals surface area contributed by atoms with Gasteiger partial charge in [-0.1, -0.05) is 81.4 Å². The molecule has 2 rings (SSSR count). The second-order valence-corrected chi connectivity index (χ2v) is 6.01. The van der Waals surface area contributed by atoms with Crippen molar-refractivity contribution in [1.82, 2.24) is 0 Å². The molecule has 1 nitrogen and oxygen atoms in total. The molecule has 1 unspecified atom stereocenters. The third kappa shape index (κ3) is 5.50. The maximum Gasteiger partial charge on any atom is 0.0753 e. The number of benzene rings is 1. The second kappa shape index (κ2) is 8.97. The van der Waals surface area contributed by atoms with E-state index in [1.165, 1.54) is 56.1 Å². The molecule has 0 saturated heterocycles. The molecule has 1 aromatic rings. The highest BCUT2D eigenvalue weighted by molar-refractivity contribution is 5.53. The van der Waals surface area contributed by atoms with Gasteiger partial charge >= 0.3 is 0 Å². The van der Waals surface area contributed by atoms with Crippen molar-refractivity contribution >= 4 is 6.08 Å². The van der Waals surface area contributed by atoms with Gasteiger partial charge in [0, 0.05) is 0 Å². The number of hydrogen-bond acceptors (Lipinski definition) is 1. The monoisotopic (exact) mass is 272 g/mol. The minimum absolute atomic E-state index is 0.241. The van der Waals surface area contributed by atoms with Gasteiger partial charge in [0.1, 0.15) is 0 Å². The van der Waals surface area contributed by atoms with Crippen molar-refractivity contribution in [2.75, 3.05) is 0 Å². The molecule has 1 aliphatic rings. The van der Waals surface area contributed by atoms with Gasteiger partial charge < -0.3 is 5.11 Å². The molecule has 1 aliphatic carbocycles. The number of aliphatic hydroxyl groups is 1. The van der Waals surface area contributed by atoms with E-state index in [1.54, 1.807) is 0 Å². The van der Waals surface area contributed by atoms with Gasteiger partial charge in [0.15, 0.2) is 0 Å². The first kappa shape index (κ1) is 15.3. The summed E-state index contributed by atoms with van der Waals surface area (Å²) in [5.74, 6) is 0. The Labute approximate surface area is 123 Å². The third-order valence-corrected chi connectivity index (χ3v) is 4.27. The first-order chi connectivity index (χ1) is 9.86. The summed E-state index contributed by atoms with van der Waals surface area (Å²) in [4.78, 5) is 0. The molecule has 0 bridgehead atoms. The lowest BCUT2D eigenvalue weighted by Crippen LogP contribution is -2.11. The van der Waals surface area contributed by atoms with Gasteiger partial charge in [0.2, 0.25) is 0 Å². The van der Waals surface area contributed by atoms with Crippen molar-refractivity contribution in [1.29, 1.82) is 0 Å². The van der Waals surface area contributed by atoms with Crippen LogP contribution in [0.2, 0.25) is 0 Å². The van der Waals surface area contributed by atoms with Gasteiger partial charge in [-0.05, 0) is 30.4 Å². The first-order valence-electron chi connectivity index (χ1n) is 8.30. The predicted octanol–water partition coefficient (Wildman–Crippen LogP) is 5.35. The van der Waals surface area contributed by atoms with Crippen LogP contribution in [0, 0.1) is 0 Å². The molecule has 1 saturated carbocycles. The highest BCUT2D eigenvalue weighted by atomic mass is 16.3. The van der Waals surface area contributed by atoms with Crippen molar-refractivity contribution in [3.05, 3.63) is 41.5 Å². The molecule has 0 spiro atoms. The summed E-state index contributed by atoms with van der Waals surface area (Å²) in [5, 5.41) is 10.4. The Kier molecular flexibility index (Phi) is 6.86. The lowest BCUT2D eigenvalue weighted by molar-refractivity contribution is 0.191. The topological polar surface area (TPSA) is 20.2 Å². The highest BCUT2D eigenvalue weighted by Gasteiger charge is 2.11. The van der Waals surface area contributed by atoms with Gasteiger partial charge in [-0.2, -0.15) is 0 Å². The SMILES string of the molecule is OC1CCCCCCCCCC/C1=C\c1ccccc1. The van der Waals surface area contributed by atoms with Crippen molar-refractivity contribution < 1.29 is 5.11 Å². The Hall–Kier alpha value is -1.08. The minimum Gasteiger partial charge on any atom is -0.389 e.